The van der Waals surface area contributed by atoms with E-state index in [9.17, 15) is 0 Å². The fourth-order valence-corrected chi connectivity index (χ4v) is 5.58. The van der Waals surface area contributed by atoms with Crippen LogP contribution >= 0.6 is 35.4 Å². The Bertz CT molecular complexity index is 1380. The third kappa shape index (κ3) is 3.88. The lowest BCUT2D eigenvalue weighted by Gasteiger charge is -2.28. The Balaban J connectivity index is 1.71. The molecule has 2 aromatic heterocycles. The Labute approximate surface area is 215 Å². The number of thiocarbonyl (C=S) groups is 1. The molecule has 1 fully saturated rings. The Hall–Kier alpha value is -2.86. The Kier molecular flexibility index (Phi) is 6.11. The third-order valence-electron chi connectivity index (χ3n) is 6.34. The SMILES string of the molecule is Cc1cccc(N2C(=S)NC(c3ccccn3)C2c2cc(C)n(-c3cccc(Cl)c3Cl)c2C)c1. The monoisotopic (exact) mass is 506 g/mol. The molecule has 34 heavy (non-hydrogen) atoms. The van der Waals surface area contributed by atoms with Gasteiger partial charge >= 0.3 is 0 Å². The van der Waals surface area contributed by atoms with Crippen LogP contribution in [0.25, 0.3) is 5.69 Å². The van der Waals surface area contributed by atoms with Gasteiger partial charge in [-0.15, -0.1) is 0 Å². The van der Waals surface area contributed by atoms with E-state index >= 15 is 0 Å². The molecule has 0 spiro atoms. The van der Waals surface area contributed by atoms with Gasteiger partial charge in [0.2, 0.25) is 0 Å². The largest absolute Gasteiger partial charge is 0.351 e. The summed E-state index contributed by atoms with van der Waals surface area (Å²) in [5.74, 6) is 0. The second-order valence-corrected chi connectivity index (χ2v) is 9.74. The summed E-state index contributed by atoms with van der Waals surface area (Å²) in [6, 6.07) is 22.1. The predicted octanol–water partition coefficient (Wildman–Crippen LogP) is 7.28. The zero-order chi connectivity index (χ0) is 24.0. The van der Waals surface area contributed by atoms with Gasteiger partial charge in [0.1, 0.15) is 0 Å². The van der Waals surface area contributed by atoms with Gasteiger partial charge in [-0.1, -0.05) is 47.5 Å². The minimum absolute atomic E-state index is 0.0953. The van der Waals surface area contributed by atoms with E-state index in [1.165, 1.54) is 5.56 Å². The van der Waals surface area contributed by atoms with Crippen molar-refractivity contribution in [3.05, 3.63) is 111 Å². The summed E-state index contributed by atoms with van der Waals surface area (Å²) in [6.45, 7) is 6.29. The lowest BCUT2D eigenvalue weighted by molar-refractivity contribution is 0.565. The van der Waals surface area contributed by atoms with Crippen LogP contribution in [0, 0.1) is 20.8 Å². The molecule has 5 rings (SSSR count). The summed E-state index contributed by atoms with van der Waals surface area (Å²) in [6.07, 6.45) is 1.82. The van der Waals surface area contributed by atoms with Crippen molar-refractivity contribution in [2.45, 2.75) is 32.9 Å². The van der Waals surface area contributed by atoms with Gasteiger partial charge in [-0.25, -0.2) is 0 Å². The molecule has 4 aromatic rings. The van der Waals surface area contributed by atoms with Crippen molar-refractivity contribution in [1.29, 1.82) is 0 Å². The highest BCUT2D eigenvalue weighted by molar-refractivity contribution is 7.80. The molecule has 1 N–H and O–H groups in total. The number of rotatable bonds is 4. The molecule has 4 nitrogen and oxygen atoms in total. The zero-order valence-corrected chi connectivity index (χ0v) is 21.4. The van der Waals surface area contributed by atoms with E-state index in [1.54, 1.807) is 6.07 Å². The number of aryl methyl sites for hydroxylation is 2. The molecule has 0 saturated carbocycles. The van der Waals surface area contributed by atoms with Gasteiger partial charge in [-0.05, 0) is 86.6 Å². The van der Waals surface area contributed by atoms with Crippen LogP contribution in [0.15, 0.2) is 72.9 Å². The van der Waals surface area contributed by atoms with E-state index in [2.05, 4.69) is 70.9 Å². The molecule has 2 aromatic carbocycles. The van der Waals surface area contributed by atoms with Crippen molar-refractivity contribution in [2.75, 3.05) is 4.90 Å². The van der Waals surface area contributed by atoms with E-state index < -0.39 is 0 Å². The number of anilines is 1. The highest BCUT2D eigenvalue weighted by atomic mass is 35.5. The van der Waals surface area contributed by atoms with Crippen LogP contribution < -0.4 is 10.2 Å². The van der Waals surface area contributed by atoms with Gasteiger partial charge in [0.05, 0.1) is 33.5 Å². The summed E-state index contributed by atoms with van der Waals surface area (Å²) < 4.78 is 2.16. The average molecular weight is 507 g/mol. The predicted molar refractivity (Wildman–Crippen MR) is 144 cm³/mol. The number of hydrogen-bond donors (Lipinski definition) is 1. The molecule has 172 valence electrons. The van der Waals surface area contributed by atoms with Crippen LogP contribution in [0.4, 0.5) is 5.69 Å². The number of pyridine rings is 1. The van der Waals surface area contributed by atoms with Crippen LogP contribution in [-0.4, -0.2) is 14.7 Å². The first kappa shape index (κ1) is 22.9. The lowest BCUT2D eigenvalue weighted by atomic mass is 9.96. The number of benzene rings is 2. The van der Waals surface area contributed by atoms with Crippen molar-refractivity contribution in [3.8, 4) is 5.69 Å². The van der Waals surface area contributed by atoms with Crippen LogP contribution in [0.1, 0.15) is 40.3 Å². The van der Waals surface area contributed by atoms with Crippen molar-refractivity contribution in [3.63, 3.8) is 0 Å². The molecule has 7 heteroatoms. The third-order valence-corrected chi connectivity index (χ3v) is 7.46. The lowest BCUT2D eigenvalue weighted by Crippen LogP contribution is -2.29. The maximum absolute atomic E-state index is 6.62. The molecule has 0 radical (unpaired) electrons. The standard InChI is InChI=1S/C27H24Cl2N4S/c1-16-8-6-9-19(14-16)33-26(25(31-27(33)34)22-11-4-5-13-30-22)20-15-17(2)32(18(20)3)23-12-7-10-21(28)24(23)29/h4-15,25-26H,1-3H3,(H,31,34). The van der Waals surface area contributed by atoms with Crippen LogP contribution in [0.2, 0.25) is 10.0 Å². The van der Waals surface area contributed by atoms with Gasteiger partial charge in [-0.3, -0.25) is 4.98 Å². The van der Waals surface area contributed by atoms with E-state index in [0.29, 0.717) is 15.2 Å². The van der Waals surface area contributed by atoms with Gasteiger partial charge in [-0.2, -0.15) is 0 Å². The van der Waals surface area contributed by atoms with Crippen molar-refractivity contribution in [2.24, 2.45) is 0 Å². The topological polar surface area (TPSA) is 33.1 Å². The van der Waals surface area contributed by atoms with E-state index in [1.807, 2.05) is 36.5 Å². The first-order chi connectivity index (χ1) is 16.4. The van der Waals surface area contributed by atoms with Gasteiger partial charge in [0, 0.05) is 23.3 Å². The van der Waals surface area contributed by atoms with Crippen LogP contribution in [0.5, 0.6) is 0 Å². The highest BCUT2D eigenvalue weighted by Crippen LogP contribution is 2.44. The number of nitrogens with zero attached hydrogens (tertiary/aromatic N) is 3. The fourth-order valence-electron chi connectivity index (χ4n) is 4.85. The van der Waals surface area contributed by atoms with Gasteiger partial charge in [0.25, 0.3) is 0 Å². The molecule has 2 unspecified atom stereocenters. The first-order valence-corrected chi connectivity index (χ1v) is 12.2. The maximum atomic E-state index is 6.62. The summed E-state index contributed by atoms with van der Waals surface area (Å²) >= 11 is 18.9. The molecule has 2 atom stereocenters. The molecule has 3 heterocycles. The summed E-state index contributed by atoms with van der Waals surface area (Å²) in [5.41, 5.74) is 7.33. The van der Waals surface area contributed by atoms with Crippen molar-refractivity contribution < 1.29 is 0 Å². The minimum atomic E-state index is -0.113. The second-order valence-electron chi connectivity index (χ2n) is 8.57. The molecule has 0 amide bonds. The molecular formula is C27H24Cl2N4S. The van der Waals surface area contributed by atoms with Crippen LogP contribution in [0.3, 0.4) is 0 Å². The molecule has 1 saturated heterocycles. The summed E-state index contributed by atoms with van der Waals surface area (Å²) in [7, 11) is 0. The molecular weight excluding hydrogens is 483 g/mol. The molecule has 1 aliphatic heterocycles. The Morgan fingerprint density at radius 3 is 2.47 bits per heavy atom. The van der Waals surface area contributed by atoms with E-state index in [0.717, 1.165) is 34.0 Å². The molecule has 1 aliphatic rings. The van der Waals surface area contributed by atoms with Gasteiger partial charge in [0.15, 0.2) is 5.11 Å². The van der Waals surface area contributed by atoms with Crippen molar-refractivity contribution in [1.82, 2.24) is 14.9 Å². The molecule has 0 bridgehead atoms. The van der Waals surface area contributed by atoms with E-state index in [4.69, 9.17) is 35.4 Å². The zero-order valence-electron chi connectivity index (χ0n) is 19.1. The Morgan fingerprint density at radius 1 is 0.941 bits per heavy atom. The number of halogens is 2. The fraction of sp³-hybridized carbons (Fsp3) is 0.185. The minimum Gasteiger partial charge on any atom is -0.351 e. The number of nitrogens with one attached hydrogen (secondary N) is 1. The smallest absolute Gasteiger partial charge is 0.174 e. The number of aromatic nitrogens is 2. The normalized spacial score (nSPS) is 17.8. The molecule has 0 aliphatic carbocycles. The summed E-state index contributed by atoms with van der Waals surface area (Å²) in [4.78, 5) is 6.87. The second kappa shape index (κ2) is 9.06. The number of hydrogen-bond acceptors (Lipinski definition) is 2. The average Bonchev–Trinajstić information content (AvgIpc) is 3.32. The van der Waals surface area contributed by atoms with Crippen molar-refractivity contribution >= 4 is 46.2 Å². The van der Waals surface area contributed by atoms with Gasteiger partial charge < -0.3 is 14.8 Å². The quantitative estimate of drug-likeness (QED) is 0.294. The van der Waals surface area contributed by atoms with E-state index in [-0.39, 0.29) is 12.1 Å². The first-order valence-electron chi connectivity index (χ1n) is 11.1. The van der Waals surface area contributed by atoms with Crippen LogP contribution in [-0.2, 0) is 0 Å². The maximum Gasteiger partial charge on any atom is 0.174 e. The Morgan fingerprint density at radius 2 is 1.74 bits per heavy atom. The highest BCUT2D eigenvalue weighted by Gasteiger charge is 2.42. The summed E-state index contributed by atoms with van der Waals surface area (Å²) in [5, 5.41) is 5.29.